The third-order valence-corrected chi connectivity index (χ3v) is 1.80. The highest BCUT2D eigenvalue weighted by Gasteiger charge is 2.47. The first-order valence-corrected chi connectivity index (χ1v) is 4.85. The molecular weight excluding hydrogens is 230 g/mol. The summed E-state index contributed by atoms with van der Waals surface area (Å²) in [6.07, 6.45) is -0.784. The predicted octanol–water partition coefficient (Wildman–Crippen LogP) is -0.327. The molecule has 17 heavy (non-hydrogen) atoms. The molecule has 7 heteroatoms. The van der Waals surface area contributed by atoms with E-state index >= 15 is 0 Å². The number of methoxy groups -OCH3 is 1. The quantitative estimate of drug-likeness (QED) is 0.516. The van der Waals surface area contributed by atoms with Gasteiger partial charge in [0.2, 0.25) is 5.54 Å². The maximum absolute atomic E-state index is 11.6. The zero-order valence-corrected chi connectivity index (χ0v) is 10.3. The predicted molar refractivity (Wildman–Crippen MR) is 57.0 cm³/mol. The van der Waals surface area contributed by atoms with Gasteiger partial charge >= 0.3 is 17.9 Å². The zero-order valence-electron chi connectivity index (χ0n) is 10.3. The Morgan fingerprint density at radius 2 is 1.71 bits per heavy atom. The molecule has 0 aromatic rings. The molecule has 7 nitrogen and oxygen atoms in total. The van der Waals surface area contributed by atoms with Crippen LogP contribution in [0.15, 0.2) is 0 Å². The summed E-state index contributed by atoms with van der Waals surface area (Å²) in [5.41, 5.74) is 2.07. The van der Waals surface area contributed by atoms with Crippen LogP contribution in [-0.4, -0.2) is 41.3 Å². The standard InChI is InChI=1S/C10H17NO6/c1-9(2,3)17-8(15)10(11,7(13)14)5-6(12)16-4/h5,11H2,1-4H3,(H,13,14). The average molecular weight is 247 g/mol. The molecule has 0 saturated carbocycles. The number of carbonyl (C=O) groups excluding carboxylic acids is 2. The summed E-state index contributed by atoms with van der Waals surface area (Å²) in [6, 6.07) is 0. The lowest BCUT2D eigenvalue weighted by atomic mass is 9.96. The van der Waals surface area contributed by atoms with Gasteiger partial charge in [0.15, 0.2) is 0 Å². The molecule has 1 atom stereocenters. The summed E-state index contributed by atoms with van der Waals surface area (Å²) in [5, 5.41) is 8.91. The van der Waals surface area contributed by atoms with Gasteiger partial charge in [0.1, 0.15) is 5.60 Å². The van der Waals surface area contributed by atoms with Crippen molar-refractivity contribution in [3.63, 3.8) is 0 Å². The Labute approximate surface area is 98.9 Å². The van der Waals surface area contributed by atoms with Crippen molar-refractivity contribution in [2.75, 3.05) is 7.11 Å². The summed E-state index contributed by atoms with van der Waals surface area (Å²) < 4.78 is 9.14. The van der Waals surface area contributed by atoms with Crippen molar-refractivity contribution in [2.24, 2.45) is 5.73 Å². The first kappa shape index (κ1) is 15.4. The molecule has 0 spiro atoms. The van der Waals surface area contributed by atoms with E-state index in [0.717, 1.165) is 7.11 Å². The van der Waals surface area contributed by atoms with Gasteiger partial charge in [-0.3, -0.25) is 4.79 Å². The van der Waals surface area contributed by atoms with Crippen LogP contribution in [0.3, 0.4) is 0 Å². The fourth-order valence-electron chi connectivity index (χ4n) is 0.904. The van der Waals surface area contributed by atoms with Crippen LogP contribution in [0.1, 0.15) is 27.2 Å². The lowest BCUT2D eigenvalue weighted by Gasteiger charge is -2.27. The molecule has 0 amide bonds. The van der Waals surface area contributed by atoms with Crippen molar-refractivity contribution in [2.45, 2.75) is 38.3 Å². The summed E-state index contributed by atoms with van der Waals surface area (Å²) in [5.74, 6) is -3.72. The van der Waals surface area contributed by atoms with Crippen LogP contribution in [0.5, 0.6) is 0 Å². The summed E-state index contributed by atoms with van der Waals surface area (Å²) >= 11 is 0. The fourth-order valence-corrected chi connectivity index (χ4v) is 0.904. The van der Waals surface area contributed by atoms with E-state index in [4.69, 9.17) is 15.6 Å². The second-order valence-corrected chi connectivity index (χ2v) is 4.53. The lowest BCUT2D eigenvalue weighted by Crippen LogP contribution is -2.58. The summed E-state index contributed by atoms with van der Waals surface area (Å²) in [7, 11) is 1.07. The summed E-state index contributed by atoms with van der Waals surface area (Å²) in [6.45, 7) is 4.68. The second kappa shape index (κ2) is 5.13. The number of rotatable bonds is 4. The molecule has 1 unspecified atom stereocenters. The number of hydrogen-bond acceptors (Lipinski definition) is 6. The van der Waals surface area contributed by atoms with Crippen LogP contribution in [0.4, 0.5) is 0 Å². The molecule has 0 aliphatic carbocycles. The van der Waals surface area contributed by atoms with Crippen LogP contribution in [0.25, 0.3) is 0 Å². The van der Waals surface area contributed by atoms with Gasteiger partial charge in [-0.1, -0.05) is 0 Å². The number of aliphatic carboxylic acids is 1. The minimum Gasteiger partial charge on any atom is -0.479 e. The van der Waals surface area contributed by atoms with E-state index in [1.165, 1.54) is 0 Å². The van der Waals surface area contributed by atoms with Gasteiger partial charge in [-0.05, 0) is 20.8 Å². The first-order valence-electron chi connectivity index (χ1n) is 4.85. The van der Waals surface area contributed by atoms with Gasteiger partial charge < -0.3 is 20.3 Å². The fraction of sp³-hybridized carbons (Fsp3) is 0.700. The number of carboxylic acids is 1. The monoisotopic (exact) mass is 247 g/mol. The van der Waals surface area contributed by atoms with Crippen LogP contribution in [-0.2, 0) is 23.9 Å². The van der Waals surface area contributed by atoms with Crippen molar-refractivity contribution in [1.82, 2.24) is 0 Å². The van der Waals surface area contributed by atoms with Crippen molar-refractivity contribution in [3.05, 3.63) is 0 Å². The molecule has 0 fully saturated rings. The number of carboxylic acid groups (broad SMARTS) is 1. The van der Waals surface area contributed by atoms with Crippen molar-refractivity contribution < 1.29 is 29.0 Å². The highest BCUT2D eigenvalue weighted by Crippen LogP contribution is 2.16. The van der Waals surface area contributed by atoms with E-state index in [2.05, 4.69) is 4.74 Å². The van der Waals surface area contributed by atoms with E-state index in [0.29, 0.717) is 0 Å². The third-order valence-electron chi connectivity index (χ3n) is 1.80. The van der Waals surface area contributed by atoms with Gasteiger partial charge in [0, 0.05) is 0 Å². The van der Waals surface area contributed by atoms with E-state index < -0.39 is 35.5 Å². The van der Waals surface area contributed by atoms with Gasteiger partial charge in [-0.15, -0.1) is 0 Å². The molecule has 0 aliphatic rings. The average Bonchev–Trinajstić information content (AvgIpc) is 2.14. The van der Waals surface area contributed by atoms with Crippen molar-refractivity contribution in [1.29, 1.82) is 0 Å². The first-order chi connectivity index (χ1) is 7.53. The SMILES string of the molecule is COC(=O)CC(N)(C(=O)O)C(=O)OC(C)(C)C. The third kappa shape index (κ3) is 4.39. The van der Waals surface area contributed by atoms with Crippen LogP contribution in [0, 0.1) is 0 Å². The minimum absolute atomic E-state index is 0.784. The summed E-state index contributed by atoms with van der Waals surface area (Å²) in [4.78, 5) is 33.6. The smallest absolute Gasteiger partial charge is 0.338 e. The van der Waals surface area contributed by atoms with E-state index in [9.17, 15) is 14.4 Å². The van der Waals surface area contributed by atoms with Gasteiger partial charge in [-0.25, -0.2) is 9.59 Å². The zero-order chi connectivity index (χ0) is 13.9. The number of esters is 2. The molecule has 0 aliphatic heterocycles. The molecule has 0 aromatic heterocycles. The molecule has 0 heterocycles. The van der Waals surface area contributed by atoms with E-state index in [1.807, 2.05) is 0 Å². The highest BCUT2D eigenvalue weighted by atomic mass is 16.6. The highest BCUT2D eigenvalue weighted by molar-refractivity contribution is 6.06. The molecule has 0 radical (unpaired) electrons. The number of nitrogens with two attached hydrogens (primary N) is 1. The van der Waals surface area contributed by atoms with Gasteiger partial charge in [0.05, 0.1) is 13.5 Å². The van der Waals surface area contributed by atoms with E-state index in [1.54, 1.807) is 20.8 Å². The van der Waals surface area contributed by atoms with Crippen molar-refractivity contribution >= 4 is 17.9 Å². The van der Waals surface area contributed by atoms with Crippen LogP contribution < -0.4 is 5.73 Å². The van der Waals surface area contributed by atoms with Crippen molar-refractivity contribution in [3.8, 4) is 0 Å². The van der Waals surface area contributed by atoms with Crippen LogP contribution in [0.2, 0.25) is 0 Å². The van der Waals surface area contributed by atoms with Gasteiger partial charge in [-0.2, -0.15) is 0 Å². The number of ether oxygens (including phenoxy) is 2. The molecule has 0 bridgehead atoms. The Balaban J connectivity index is 5.02. The molecule has 3 N–H and O–H groups in total. The maximum Gasteiger partial charge on any atom is 0.338 e. The normalized spacial score (nSPS) is 14.6. The largest absolute Gasteiger partial charge is 0.479 e. The maximum atomic E-state index is 11.6. The topological polar surface area (TPSA) is 116 Å². The Kier molecular flexibility index (Phi) is 4.64. The molecule has 0 aromatic carbocycles. The van der Waals surface area contributed by atoms with Gasteiger partial charge in [0.25, 0.3) is 0 Å². The van der Waals surface area contributed by atoms with E-state index in [-0.39, 0.29) is 0 Å². The Morgan fingerprint density at radius 3 is 2.00 bits per heavy atom. The Morgan fingerprint density at radius 1 is 1.24 bits per heavy atom. The Bertz CT molecular complexity index is 332. The minimum atomic E-state index is -2.43. The molecule has 0 saturated heterocycles. The molecule has 0 rings (SSSR count). The number of hydrogen-bond donors (Lipinski definition) is 2. The second-order valence-electron chi connectivity index (χ2n) is 4.53. The molecular formula is C10H17NO6. The van der Waals surface area contributed by atoms with Crippen LogP contribution >= 0.6 is 0 Å². The molecule has 98 valence electrons. The Hall–Kier alpha value is -1.63. The number of carbonyl (C=O) groups is 3. The lowest BCUT2D eigenvalue weighted by molar-refractivity contribution is -0.172.